The Labute approximate surface area is 100 Å². The summed E-state index contributed by atoms with van der Waals surface area (Å²) in [5.41, 5.74) is 2.88. The topological polar surface area (TPSA) is 47.3 Å². The molecule has 96 valence electrons. The van der Waals surface area contributed by atoms with Gasteiger partial charge in [0.05, 0.1) is 5.60 Å². The third-order valence-electron chi connectivity index (χ3n) is 3.87. The molecule has 0 bridgehead atoms. The van der Waals surface area contributed by atoms with Crippen molar-refractivity contribution in [3.05, 3.63) is 0 Å². The number of hydrogen-bond donors (Lipinski definition) is 2. The largest absolute Gasteiger partial charge is 0.379 e. The quantitative estimate of drug-likeness (QED) is 0.542. The van der Waals surface area contributed by atoms with Crippen molar-refractivity contribution in [3.8, 4) is 0 Å². The smallest absolute Gasteiger partial charge is 0.0638 e. The maximum absolute atomic E-state index is 5.65. The highest BCUT2D eigenvalue weighted by atomic mass is 16.5. The van der Waals surface area contributed by atoms with Crippen molar-refractivity contribution in [1.29, 1.82) is 0 Å². The summed E-state index contributed by atoms with van der Waals surface area (Å²) in [6, 6.07) is 0.387. The van der Waals surface area contributed by atoms with E-state index in [1.54, 1.807) is 7.11 Å². The summed E-state index contributed by atoms with van der Waals surface area (Å²) in [5, 5.41) is 0. The minimum absolute atomic E-state index is 0.0777. The van der Waals surface area contributed by atoms with Gasteiger partial charge in [-0.25, -0.2) is 0 Å². The SMILES string of the molecule is COC(C)(C)CC(CC1CCCCC1)NN. The van der Waals surface area contributed by atoms with Gasteiger partial charge in [0.15, 0.2) is 0 Å². The average Bonchev–Trinajstić information content (AvgIpc) is 2.29. The fourth-order valence-corrected chi connectivity index (χ4v) is 2.71. The van der Waals surface area contributed by atoms with Crippen LogP contribution in [0.15, 0.2) is 0 Å². The van der Waals surface area contributed by atoms with Crippen molar-refractivity contribution < 1.29 is 4.74 Å². The molecule has 16 heavy (non-hydrogen) atoms. The second-order valence-corrected chi connectivity index (χ2v) is 5.77. The zero-order chi connectivity index (χ0) is 12.0. The molecule has 3 N–H and O–H groups in total. The first-order valence-corrected chi connectivity index (χ1v) is 6.58. The molecule has 1 atom stereocenters. The Morgan fingerprint density at radius 1 is 1.31 bits per heavy atom. The van der Waals surface area contributed by atoms with Crippen LogP contribution in [0.2, 0.25) is 0 Å². The van der Waals surface area contributed by atoms with Crippen LogP contribution in [0.25, 0.3) is 0 Å². The number of nitrogens with one attached hydrogen (secondary N) is 1. The number of hydrazine groups is 1. The molecule has 0 aliphatic heterocycles. The molecule has 1 rings (SSSR count). The van der Waals surface area contributed by atoms with Gasteiger partial charge in [0.2, 0.25) is 0 Å². The van der Waals surface area contributed by atoms with Gasteiger partial charge >= 0.3 is 0 Å². The summed E-state index contributed by atoms with van der Waals surface area (Å²) >= 11 is 0. The lowest BCUT2D eigenvalue weighted by Crippen LogP contribution is -2.42. The zero-order valence-electron chi connectivity index (χ0n) is 11.1. The molecule has 0 aromatic heterocycles. The van der Waals surface area contributed by atoms with Gasteiger partial charge in [-0.05, 0) is 32.6 Å². The second kappa shape index (κ2) is 6.58. The van der Waals surface area contributed by atoms with Crippen LogP contribution in [0.4, 0.5) is 0 Å². The van der Waals surface area contributed by atoms with Gasteiger partial charge in [-0.15, -0.1) is 0 Å². The number of nitrogens with two attached hydrogens (primary N) is 1. The molecule has 0 spiro atoms. The van der Waals surface area contributed by atoms with Crippen LogP contribution in [-0.2, 0) is 4.74 Å². The summed E-state index contributed by atoms with van der Waals surface area (Å²) in [4.78, 5) is 0. The van der Waals surface area contributed by atoms with Crippen molar-refractivity contribution in [2.24, 2.45) is 11.8 Å². The lowest BCUT2D eigenvalue weighted by Gasteiger charge is -2.31. The Bertz CT molecular complexity index is 188. The second-order valence-electron chi connectivity index (χ2n) is 5.77. The monoisotopic (exact) mass is 228 g/mol. The third-order valence-corrected chi connectivity index (χ3v) is 3.87. The van der Waals surface area contributed by atoms with Crippen LogP contribution in [0.5, 0.6) is 0 Å². The third kappa shape index (κ3) is 4.81. The molecule has 1 saturated carbocycles. The van der Waals surface area contributed by atoms with E-state index >= 15 is 0 Å². The van der Waals surface area contributed by atoms with Gasteiger partial charge in [-0.1, -0.05) is 32.1 Å². The zero-order valence-corrected chi connectivity index (χ0v) is 11.1. The van der Waals surface area contributed by atoms with Crippen LogP contribution in [-0.4, -0.2) is 18.8 Å². The average molecular weight is 228 g/mol. The maximum Gasteiger partial charge on any atom is 0.0638 e. The van der Waals surface area contributed by atoms with E-state index in [1.807, 2.05) is 0 Å². The predicted octanol–water partition coefficient (Wildman–Crippen LogP) is 2.60. The van der Waals surface area contributed by atoms with E-state index in [-0.39, 0.29) is 5.60 Å². The maximum atomic E-state index is 5.65. The van der Waals surface area contributed by atoms with Gasteiger partial charge in [0.25, 0.3) is 0 Å². The molecule has 1 aliphatic carbocycles. The lowest BCUT2D eigenvalue weighted by molar-refractivity contribution is 0.00448. The van der Waals surface area contributed by atoms with Crippen LogP contribution >= 0.6 is 0 Å². The molecule has 0 aromatic rings. The Balaban J connectivity index is 2.35. The molecule has 1 fully saturated rings. The molecule has 0 saturated heterocycles. The highest BCUT2D eigenvalue weighted by Crippen LogP contribution is 2.29. The normalized spacial score (nSPS) is 21.0. The summed E-state index contributed by atoms with van der Waals surface area (Å²) in [6.07, 6.45) is 9.16. The van der Waals surface area contributed by atoms with E-state index in [1.165, 1.54) is 38.5 Å². The lowest BCUT2D eigenvalue weighted by atomic mass is 9.83. The first-order chi connectivity index (χ1) is 7.57. The van der Waals surface area contributed by atoms with E-state index in [9.17, 15) is 0 Å². The van der Waals surface area contributed by atoms with E-state index in [0.717, 1.165) is 12.3 Å². The molecule has 0 heterocycles. The van der Waals surface area contributed by atoms with Crippen molar-refractivity contribution >= 4 is 0 Å². The summed E-state index contributed by atoms with van der Waals surface area (Å²) in [6.45, 7) is 4.25. The fourth-order valence-electron chi connectivity index (χ4n) is 2.71. The number of ether oxygens (including phenoxy) is 1. The Morgan fingerprint density at radius 3 is 2.44 bits per heavy atom. The van der Waals surface area contributed by atoms with E-state index < -0.39 is 0 Å². The van der Waals surface area contributed by atoms with Gasteiger partial charge in [0, 0.05) is 13.2 Å². The first-order valence-electron chi connectivity index (χ1n) is 6.58. The van der Waals surface area contributed by atoms with Crippen LogP contribution < -0.4 is 11.3 Å². The van der Waals surface area contributed by atoms with Crippen LogP contribution in [0.3, 0.4) is 0 Å². The highest BCUT2D eigenvalue weighted by Gasteiger charge is 2.25. The summed E-state index contributed by atoms with van der Waals surface area (Å²) in [7, 11) is 1.77. The minimum Gasteiger partial charge on any atom is -0.379 e. The fraction of sp³-hybridized carbons (Fsp3) is 1.00. The number of methoxy groups -OCH3 is 1. The van der Waals surface area contributed by atoms with E-state index in [4.69, 9.17) is 10.6 Å². The Kier molecular flexibility index (Phi) is 5.73. The molecule has 3 nitrogen and oxygen atoms in total. The molecule has 0 aromatic carbocycles. The van der Waals surface area contributed by atoms with Crippen molar-refractivity contribution in [2.45, 2.75) is 70.4 Å². The molecule has 1 unspecified atom stereocenters. The minimum atomic E-state index is -0.0777. The predicted molar refractivity (Wildman–Crippen MR) is 68.0 cm³/mol. The Hall–Kier alpha value is -0.120. The van der Waals surface area contributed by atoms with Gasteiger partial charge in [0.1, 0.15) is 0 Å². The van der Waals surface area contributed by atoms with Gasteiger partial charge in [-0.3, -0.25) is 11.3 Å². The molecule has 0 amide bonds. The molecular weight excluding hydrogens is 200 g/mol. The van der Waals surface area contributed by atoms with Crippen LogP contribution in [0, 0.1) is 5.92 Å². The summed E-state index contributed by atoms with van der Waals surface area (Å²) in [5.74, 6) is 6.51. The number of rotatable bonds is 6. The van der Waals surface area contributed by atoms with Gasteiger partial charge in [-0.2, -0.15) is 0 Å². The molecule has 3 heteroatoms. The molecule has 1 aliphatic rings. The van der Waals surface area contributed by atoms with E-state index in [0.29, 0.717) is 6.04 Å². The van der Waals surface area contributed by atoms with E-state index in [2.05, 4.69) is 19.3 Å². The Morgan fingerprint density at radius 2 is 1.94 bits per heavy atom. The van der Waals surface area contributed by atoms with Gasteiger partial charge < -0.3 is 4.74 Å². The van der Waals surface area contributed by atoms with Crippen molar-refractivity contribution in [3.63, 3.8) is 0 Å². The molecule has 0 radical (unpaired) electrons. The van der Waals surface area contributed by atoms with Crippen LogP contribution in [0.1, 0.15) is 58.8 Å². The van der Waals surface area contributed by atoms with Crippen molar-refractivity contribution in [1.82, 2.24) is 5.43 Å². The summed E-state index contributed by atoms with van der Waals surface area (Å²) < 4.78 is 5.46. The van der Waals surface area contributed by atoms with Crippen molar-refractivity contribution in [2.75, 3.05) is 7.11 Å². The molecular formula is C13H28N2O. The first kappa shape index (κ1) is 13.9. The highest BCUT2D eigenvalue weighted by molar-refractivity contribution is 4.80. The standard InChI is InChI=1S/C13H28N2O/c1-13(2,16-3)10-12(15-14)9-11-7-5-4-6-8-11/h11-12,15H,4-10,14H2,1-3H3. The number of hydrogen-bond acceptors (Lipinski definition) is 3.